The van der Waals surface area contributed by atoms with Crippen molar-refractivity contribution in [2.24, 2.45) is 0 Å². The van der Waals surface area contributed by atoms with Gasteiger partial charge in [-0.15, -0.1) is 0 Å². The first-order chi connectivity index (χ1) is 12.9. The Kier molecular flexibility index (Phi) is 5.71. The second kappa shape index (κ2) is 8.18. The lowest BCUT2D eigenvalue weighted by molar-refractivity contribution is 0.101. The summed E-state index contributed by atoms with van der Waals surface area (Å²) in [6.45, 7) is 4.13. The van der Waals surface area contributed by atoms with Gasteiger partial charge in [0.05, 0.1) is 11.0 Å². The summed E-state index contributed by atoms with van der Waals surface area (Å²) in [6, 6.07) is 14.5. The first-order valence-corrected chi connectivity index (χ1v) is 9.17. The first kappa shape index (κ1) is 18.8. The second-order valence-electron chi connectivity index (χ2n) is 6.23. The number of nitrogens with zero attached hydrogens (tertiary/aromatic N) is 2. The Morgan fingerprint density at radius 2 is 1.89 bits per heavy atom. The largest absolute Gasteiger partial charge is 0.324 e. The van der Waals surface area contributed by atoms with Crippen molar-refractivity contribution in [3.63, 3.8) is 0 Å². The fourth-order valence-electron chi connectivity index (χ4n) is 2.65. The quantitative estimate of drug-likeness (QED) is 0.572. The van der Waals surface area contributed by atoms with Gasteiger partial charge >= 0.3 is 6.03 Å². The number of ketones is 1. The van der Waals surface area contributed by atoms with Gasteiger partial charge in [0, 0.05) is 17.4 Å². The van der Waals surface area contributed by atoms with Gasteiger partial charge in [-0.3, -0.25) is 14.8 Å². The maximum Gasteiger partial charge on any atom is 0.324 e. The third-order valence-corrected chi connectivity index (χ3v) is 4.48. The highest BCUT2D eigenvalue weighted by Crippen LogP contribution is 2.21. The number of carbonyl (C=O) groups excluding carboxylic acids is 2. The van der Waals surface area contributed by atoms with Crippen molar-refractivity contribution in [3.8, 4) is 0 Å². The second-order valence-corrected chi connectivity index (χ2v) is 7.08. The number of benzene rings is 2. The van der Waals surface area contributed by atoms with Crippen LogP contribution in [0.5, 0.6) is 0 Å². The molecular formula is C20H19BrN4O2. The minimum atomic E-state index is -0.433. The van der Waals surface area contributed by atoms with Gasteiger partial charge in [-0.25, -0.2) is 4.79 Å². The number of carbonyl (C=O) groups is 2. The monoisotopic (exact) mass is 426 g/mol. The lowest BCUT2D eigenvalue weighted by atomic mass is 10.1. The number of urea groups is 1. The molecule has 0 fully saturated rings. The summed E-state index contributed by atoms with van der Waals surface area (Å²) in [5.74, 6) is 0.361. The lowest BCUT2D eigenvalue weighted by Crippen LogP contribution is -2.20. The molecule has 0 spiro atoms. The highest BCUT2D eigenvalue weighted by molar-refractivity contribution is 9.10. The fourth-order valence-corrected chi connectivity index (χ4v) is 3.06. The van der Waals surface area contributed by atoms with Crippen molar-refractivity contribution < 1.29 is 9.59 Å². The average molecular weight is 427 g/mol. The van der Waals surface area contributed by atoms with Gasteiger partial charge in [0.15, 0.2) is 11.6 Å². The van der Waals surface area contributed by atoms with Crippen molar-refractivity contribution in [1.29, 1.82) is 0 Å². The van der Waals surface area contributed by atoms with Crippen molar-refractivity contribution in [1.82, 2.24) is 9.78 Å². The van der Waals surface area contributed by atoms with Crippen LogP contribution in [0.15, 0.2) is 59.2 Å². The van der Waals surface area contributed by atoms with E-state index in [9.17, 15) is 9.59 Å². The van der Waals surface area contributed by atoms with E-state index in [1.165, 1.54) is 12.5 Å². The fraction of sp³-hybridized carbons (Fsp3) is 0.150. The standard InChI is InChI=1S/C20H19BrN4O2/c1-13-5-3-6-15(9-13)11-25-12-18(21)19(24-25)23-20(27)22-17-8-4-7-16(10-17)14(2)26/h3-10,12H,11H2,1-2H3,(H2,22,23,24,27). The molecule has 6 nitrogen and oxygen atoms in total. The molecule has 0 aliphatic heterocycles. The number of hydrogen-bond acceptors (Lipinski definition) is 3. The van der Waals surface area contributed by atoms with Crippen LogP contribution in [0.25, 0.3) is 0 Å². The zero-order chi connectivity index (χ0) is 19.4. The molecule has 2 N–H and O–H groups in total. The maximum atomic E-state index is 12.3. The number of anilines is 2. The molecule has 0 atom stereocenters. The Morgan fingerprint density at radius 3 is 2.63 bits per heavy atom. The highest BCUT2D eigenvalue weighted by atomic mass is 79.9. The van der Waals surface area contributed by atoms with Crippen LogP contribution in [0, 0.1) is 6.92 Å². The zero-order valence-corrected chi connectivity index (χ0v) is 16.6. The Morgan fingerprint density at radius 1 is 1.11 bits per heavy atom. The maximum absolute atomic E-state index is 12.3. The van der Waals surface area contributed by atoms with Crippen LogP contribution in [0.2, 0.25) is 0 Å². The van der Waals surface area contributed by atoms with Gasteiger partial charge in [0.25, 0.3) is 0 Å². The van der Waals surface area contributed by atoms with E-state index in [1.54, 1.807) is 28.9 Å². The van der Waals surface area contributed by atoms with Gasteiger partial charge in [-0.05, 0) is 47.5 Å². The van der Waals surface area contributed by atoms with E-state index in [4.69, 9.17) is 0 Å². The van der Waals surface area contributed by atoms with E-state index in [0.717, 1.165) is 5.56 Å². The van der Waals surface area contributed by atoms with Gasteiger partial charge < -0.3 is 5.32 Å². The number of hydrogen-bond donors (Lipinski definition) is 2. The third-order valence-electron chi connectivity index (χ3n) is 3.90. The average Bonchev–Trinajstić information content (AvgIpc) is 2.94. The summed E-state index contributed by atoms with van der Waals surface area (Å²) >= 11 is 3.42. The zero-order valence-electron chi connectivity index (χ0n) is 15.0. The third kappa shape index (κ3) is 5.04. The number of aryl methyl sites for hydroxylation is 1. The molecule has 1 aromatic heterocycles. The van der Waals surface area contributed by atoms with E-state index in [2.05, 4.69) is 37.7 Å². The van der Waals surface area contributed by atoms with Crippen LogP contribution in [0.1, 0.15) is 28.4 Å². The summed E-state index contributed by atoms with van der Waals surface area (Å²) < 4.78 is 2.44. The molecule has 2 amide bonds. The van der Waals surface area contributed by atoms with Crippen LogP contribution in [0.4, 0.5) is 16.3 Å². The van der Waals surface area contributed by atoms with E-state index in [-0.39, 0.29) is 5.78 Å². The summed E-state index contributed by atoms with van der Waals surface area (Å²) in [5, 5.41) is 9.82. The molecule has 0 aliphatic carbocycles. The molecule has 3 rings (SSSR count). The number of nitrogens with one attached hydrogen (secondary N) is 2. The predicted octanol–water partition coefficient (Wildman–Crippen LogP) is 4.85. The van der Waals surface area contributed by atoms with E-state index in [1.807, 2.05) is 31.3 Å². The van der Waals surface area contributed by atoms with Crippen molar-refractivity contribution in [3.05, 3.63) is 75.9 Å². The first-order valence-electron chi connectivity index (χ1n) is 8.38. The van der Waals surface area contributed by atoms with Crippen molar-refractivity contribution in [2.45, 2.75) is 20.4 Å². The Labute approximate surface area is 165 Å². The van der Waals surface area contributed by atoms with Crippen LogP contribution in [0.3, 0.4) is 0 Å². The Hall–Kier alpha value is -2.93. The summed E-state index contributed by atoms with van der Waals surface area (Å²) in [4.78, 5) is 23.7. The molecule has 0 unspecified atom stereocenters. The van der Waals surface area contributed by atoms with E-state index in [0.29, 0.717) is 28.1 Å². The highest BCUT2D eigenvalue weighted by Gasteiger charge is 2.11. The van der Waals surface area contributed by atoms with Gasteiger partial charge in [-0.2, -0.15) is 5.10 Å². The van der Waals surface area contributed by atoms with Crippen LogP contribution in [-0.2, 0) is 6.54 Å². The molecule has 0 bridgehead atoms. The lowest BCUT2D eigenvalue weighted by Gasteiger charge is -2.07. The number of Topliss-reactive ketones (excluding diaryl/α,β-unsaturated/α-hetero) is 1. The number of halogens is 1. The molecule has 7 heteroatoms. The molecular weight excluding hydrogens is 408 g/mol. The molecule has 2 aromatic carbocycles. The van der Waals surface area contributed by atoms with Crippen molar-refractivity contribution >= 4 is 39.2 Å². The summed E-state index contributed by atoms with van der Waals surface area (Å²) in [7, 11) is 0. The van der Waals surface area contributed by atoms with Gasteiger partial charge in [0.2, 0.25) is 0 Å². The van der Waals surface area contributed by atoms with E-state index >= 15 is 0 Å². The van der Waals surface area contributed by atoms with Crippen LogP contribution >= 0.6 is 15.9 Å². The number of aromatic nitrogens is 2. The van der Waals surface area contributed by atoms with Gasteiger partial charge in [0.1, 0.15) is 0 Å². The molecule has 0 radical (unpaired) electrons. The number of amides is 2. The molecule has 0 saturated heterocycles. The van der Waals surface area contributed by atoms with Gasteiger partial charge in [-0.1, -0.05) is 42.0 Å². The van der Waals surface area contributed by atoms with Crippen molar-refractivity contribution in [2.75, 3.05) is 10.6 Å². The smallest absolute Gasteiger partial charge is 0.308 e. The van der Waals surface area contributed by atoms with Crippen LogP contribution < -0.4 is 10.6 Å². The Bertz CT molecular complexity index is 997. The Balaban J connectivity index is 1.67. The predicted molar refractivity (Wildman–Crippen MR) is 109 cm³/mol. The topological polar surface area (TPSA) is 76.0 Å². The normalized spacial score (nSPS) is 10.5. The summed E-state index contributed by atoms with van der Waals surface area (Å²) in [5.41, 5.74) is 3.39. The molecule has 1 heterocycles. The summed E-state index contributed by atoms with van der Waals surface area (Å²) in [6.07, 6.45) is 1.81. The SMILES string of the molecule is CC(=O)c1cccc(NC(=O)Nc2nn(Cc3cccc(C)c3)cc2Br)c1. The molecule has 0 saturated carbocycles. The molecule has 27 heavy (non-hydrogen) atoms. The molecule has 138 valence electrons. The molecule has 0 aliphatic rings. The minimum absolute atomic E-state index is 0.0586. The van der Waals surface area contributed by atoms with E-state index < -0.39 is 6.03 Å². The minimum Gasteiger partial charge on any atom is -0.308 e. The molecule has 3 aromatic rings. The number of rotatable bonds is 5. The van der Waals surface area contributed by atoms with Crippen LogP contribution in [-0.4, -0.2) is 21.6 Å².